The zero-order chi connectivity index (χ0) is 7.28. The molecule has 1 nitrogen and oxygen atoms in total. The van der Waals surface area contributed by atoms with Crippen molar-refractivity contribution in [3.8, 4) is 0 Å². The van der Waals surface area contributed by atoms with Gasteiger partial charge >= 0.3 is 0 Å². The molecule has 9 heavy (non-hydrogen) atoms. The van der Waals surface area contributed by atoms with Crippen LogP contribution in [0.25, 0.3) is 0 Å². The number of nitrogens with one attached hydrogen (secondary N) is 1. The fraction of sp³-hybridized carbons (Fsp3) is 1.00. The third kappa shape index (κ3) is 5.77. The summed E-state index contributed by atoms with van der Waals surface area (Å²) in [5.74, 6) is 0.454. The van der Waals surface area contributed by atoms with E-state index in [4.69, 9.17) is 0 Å². The lowest BCUT2D eigenvalue weighted by Gasteiger charge is -2.09. The molecule has 0 aromatic carbocycles. The second kappa shape index (κ2) is 4.74. The summed E-state index contributed by atoms with van der Waals surface area (Å²) >= 11 is 0. The molecule has 0 heterocycles. The Labute approximate surface area is 56.6 Å². The summed E-state index contributed by atoms with van der Waals surface area (Å²) in [5.41, 5.74) is 0. The van der Waals surface area contributed by atoms with Crippen LogP contribution in [0.2, 0.25) is 0 Å². The average Bonchev–Trinajstić information content (AvgIpc) is 1.63. The minimum atomic E-state index is -0.659. The van der Waals surface area contributed by atoms with Crippen molar-refractivity contribution >= 4 is 0 Å². The Morgan fingerprint density at radius 1 is 1.44 bits per heavy atom. The predicted molar refractivity (Wildman–Crippen MR) is 38.3 cm³/mol. The van der Waals surface area contributed by atoms with E-state index >= 15 is 0 Å². The van der Waals surface area contributed by atoms with Gasteiger partial charge in [0.15, 0.2) is 0 Å². The maximum absolute atomic E-state index is 12.2. The molecule has 0 rings (SSSR count). The van der Waals surface area contributed by atoms with Crippen LogP contribution in [0.3, 0.4) is 0 Å². The zero-order valence-electron chi connectivity index (χ0n) is 6.45. The number of alkyl halides is 1. The average molecular weight is 133 g/mol. The van der Waals surface area contributed by atoms with E-state index in [1.54, 1.807) is 6.92 Å². The summed E-state index contributed by atoms with van der Waals surface area (Å²) < 4.78 is 12.2. The molecule has 0 aliphatic rings. The molecule has 2 unspecified atom stereocenters. The molecule has 0 aliphatic heterocycles. The van der Waals surface area contributed by atoms with E-state index < -0.39 is 6.17 Å². The fourth-order valence-corrected chi connectivity index (χ4v) is 0.986. The Hall–Kier alpha value is -0.110. The molecule has 0 radical (unpaired) electrons. The van der Waals surface area contributed by atoms with Gasteiger partial charge in [0.05, 0.1) is 6.17 Å². The van der Waals surface area contributed by atoms with Crippen LogP contribution < -0.4 is 5.32 Å². The van der Waals surface area contributed by atoms with Gasteiger partial charge < -0.3 is 5.32 Å². The van der Waals surface area contributed by atoms with Crippen molar-refractivity contribution in [3.63, 3.8) is 0 Å². The van der Waals surface area contributed by atoms with Gasteiger partial charge in [-0.3, -0.25) is 0 Å². The van der Waals surface area contributed by atoms with E-state index in [2.05, 4.69) is 5.32 Å². The lowest BCUT2D eigenvalue weighted by molar-refractivity contribution is 0.295. The second-order valence-electron chi connectivity index (χ2n) is 2.68. The Kier molecular flexibility index (Phi) is 4.68. The van der Waals surface area contributed by atoms with Gasteiger partial charge in [-0.1, -0.05) is 6.92 Å². The van der Waals surface area contributed by atoms with E-state index in [0.29, 0.717) is 12.3 Å². The van der Waals surface area contributed by atoms with Crippen LogP contribution in [0.15, 0.2) is 0 Å². The lowest BCUT2D eigenvalue weighted by Crippen LogP contribution is -2.18. The van der Waals surface area contributed by atoms with E-state index in [1.165, 1.54) is 0 Å². The smallest absolute Gasteiger partial charge is 0.0976 e. The molecule has 56 valence electrons. The molecule has 0 saturated carbocycles. The molecule has 0 saturated heterocycles. The van der Waals surface area contributed by atoms with E-state index in [0.717, 1.165) is 6.54 Å². The molecule has 0 amide bonds. The van der Waals surface area contributed by atoms with Crippen LogP contribution >= 0.6 is 0 Å². The quantitative estimate of drug-likeness (QED) is 0.614. The first kappa shape index (κ1) is 8.89. The molecular weight excluding hydrogens is 117 g/mol. The minimum Gasteiger partial charge on any atom is -0.319 e. The predicted octanol–water partition coefficient (Wildman–Crippen LogP) is 1.59. The first-order valence-electron chi connectivity index (χ1n) is 3.45. The highest BCUT2D eigenvalue weighted by Crippen LogP contribution is 2.06. The van der Waals surface area contributed by atoms with Crippen molar-refractivity contribution in [2.24, 2.45) is 5.92 Å². The molecule has 0 spiro atoms. The van der Waals surface area contributed by atoms with Gasteiger partial charge in [-0.15, -0.1) is 0 Å². The number of halogens is 1. The number of hydrogen-bond acceptors (Lipinski definition) is 1. The standard InChI is InChI=1S/C7H16FN/c1-6(5-9-3)4-7(2)8/h6-7,9H,4-5H2,1-3H3. The van der Waals surface area contributed by atoms with Crippen LogP contribution in [0, 0.1) is 5.92 Å². The highest BCUT2D eigenvalue weighted by Gasteiger charge is 2.04. The van der Waals surface area contributed by atoms with E-state index in [-0.39, 0.29) is 0 Å². The zero-order valence-corrected chi connectivity index (χ0v) is 6.45. The molecule has 2 heteroatoms. The molecule has 2 atom stereocenters. The maximum atomic E-state index is 12.2. The van der Waals surface area contributed by atoms with Crippen molar-refractivity contribution < 1.29 is 4.39 Å². The summed E-state index contributed by atoms with van der Waals surface area (Å²) in [7, 11) is 1.89. The second-order valence-corrected chi connectivity index (χ2v) is 2.68. The van der Waals surface area contributed by atoms with Crippen LogP contribution in [0.5, 0.6) is 0 Å². The van der Waals surface area contributed by atoms with Crippen molar-refractivity contribution in [3.05, 3.63) is 0 Å². The molecule has 0 bridgehead atoms. The monoisotopic (exact) mass is 133 g/mol. The Morgan fingerprint density at radius 3 is 2.33 bits per heavy atom. The van der Waals surface area contributed by atoms with E-state index in [9.17, 15) is 4.39 Å². The highest BCUT2D eigenvalue weighted by molar-refractivity contribution is 4.58. The van der Waals surface area contributed by atoms with Gasteiger partial charge in [0, 0.05) is 0 Å². The van der Waals surface area contributed by atoms with Crippen molar-refractivity contribution in [2.45, 2.75) is 26.4 Å². The van der Waals surface area contributed by atoms with E-state index in [1.807, 2.05) is 14.0 Å². The highest BCUT2D eigenvalue weighted by atomic mass is 19.1. The van der Waals surface area contributed by atoms with Gasteiger partial charge in [0.1, 0.15) is 0 Å². The first-order valence-corrected chi connectivity index (χ1v) is 3.45. The summed E-state index contributed by atoms with van der Waals surface area (Å²) in [6, 6.07) is 0. The number of rotatable bonds is 4. The van der Waals surface area contributed by atoms with Crippen molar-refractivity contribution in [1.29, 1.82) is 0 Å². The molecule has 0 aromatic rings. The largest absolute Gasteiger partial charge is 0.319 e. The molecular formula is C7H16FN. The summed E-state index contributed by atoms with van der Waals surface area (Å²) in [4.78, 5) is 0. The van der Waals surface area contributed by atoms with Gasteiger partial charge in [-0.25, -0.2) is 4.39 Å². The van der Waals surface area contributed by atoms with Crippen molar-refractivity contribution in [1.82, 2.24) is 5.32 Å². The van der Waals surface area contributed by atoms with Crippen molar-refractivity contribution in [2.75, 3.05) is 13.6 Å². The third-order valence-electron chi connectivity index (χ3n) is 1.28. The third-order valence-corrected chi connectivity index (χ3v) is 1.28. The topological polar surface area (TPSA) is 12.0 Å². The Morgan fingerprint density at radius 2 is 2.00 bits per heavy atom. The normalized spacial score (nSPS) is 17.3. The lowest BCUT2D eigenvalue weighted by atomic mass is 10.1. The first-order chi connectivity index (χ1) is 4.16. The summed E-state index contributed by atoms with van der Waals surface area (Å²) in [6.45, 7) is 4.56. The van der Waals surface area contributed by atoms with Gasteiger partial charge in [0.2, 0.25) is 0 Å². The van der Waals surface area contributed by atoms with Gasteiger partial charge in [0.25, 0.3) is 0 Å². The molecule has 0 fully saturated rings. The minimum absolute atomic E-state index is 0.454. The molecule has 0 aliphatic carbocycles. The fourth-order valence-electron chi connectivity index (χ4n) is 0.986. The number of hydrogen-bond donors (Lipinski definition) is 1. The maximum Gasteiger partial charge on any atom is 0.0976 e. The van der Waals surface area contributed by atoms with Crippen LogP contribution in [0.4, 0.5) is 4.39 Å². The van der Waals surface area contributed by atoms with Gasteiger partial charge in [-0.05, 0) is 32.9 Å². The Balaban J connectivity index is 3.15. The van der Waals surface area contributed by atoms with Gasteiger partial charge in [-0.2, -0.15) is 0 Å². The summed E-state index contributed by atoms with van der Waals surface area (Å²) in [5, 5.41) is 3.01. The summed E-state index contributed by atoms with van der Waals surface area (Å²) in [6.07, 6.45) is 0.00856. The SMILES string of the molecule is CNCC(C)CC(C)F. The molecule has 1 N–H and O–H groups in total. The molecule has 0 aromatic heterocycles. The van der Waals surface area contributed by atoms with Crippen LogP contribution in [-0.4, -0.2) is 19.8 Å². The van der Waals surface area contributed by atoms with Crippen LogP contribution in [0.1, 0.15) is 20.3 Å². The van der Waals surface area contributed by atoms with Crippen LogP contribution in [-0.2, 0) is 0 Å². The Bertz CT molecular complexity index is 63.9.